The Morgan fingerprint density at radius 3 is 2.71 bits per heavy atom. The second-order valence-corrected chi connectivity index (χ2v) is 7.15. The lowest BCUT2D eigenvalue weighted by Crippen LogP contribution is -2.27. The molecule has 0 saturated carbocycles. The van der Waals surface area contributed by atoms with Crippen molar-refractivity contribution < 1.29 is 18.0 Å². The van der Waals surface area contributed by atoms with Crippen LogP contribution in [0.15, 0.2) is 45.7 Å². The number of nitrogens with zero attached hydrogens (tertiary/aromatic N) is 1. The van der Waals surface area contributed by atoms with Crippen LogP contribution in [0.4, 0.5) is 20.2 Å². The Morgan fingerprint density at radius 2 is 2.00 bits per heavy atom. The van der Waals surface area contributed by atoms with E-state index in [-0.39, 0.29) is 11.9 Å². The molecule has 2 heterocycles. The molecule has 2 aromatic carbocycles. The molecule has 144 valence electrons. The number of nitrogens with one attached hydrogen (secondary N) is 3. The van der Waals surface area contributed by atoms with Crippen molar-refractivity contribution in [3.05, 3.63) is 70.9 Å². The number of hydrogen-bond donors (Lipinski definition) is 3. The zero-order valence-corrected chi connectivity index (χ0v) is 15.8. The van der Waals surface area contributed by atoms with Crippen molar-refractivity contribution >= 4 is 29.2 Å². The van der Waals surface area contributed by atoms with Gasteiger partial charge < -0.3 is 15.1 Å². The van der Waals surface area contributed by atoms with Crippen LogP contribution in [-0.2, 0) is 0 Å². The molecule has 1 amide bonds. The molecule has 1 aliphatic rings. The zero-order valence-electron chi connectivity index (χ0n) is 15.0. The molecule has 1 unspecified atom stereocenters. The Labute approximate surface area is 163 Å². The van der Waals surface area contributed by atoms with Gasteiger partial charge in [0.2, 0.25) is 0 Å². The van der Waals surface area contributed by atoms with Gasteiger partial charge in [-0.25, -0.2) is 18.5 Å². The van der Waals surface area contributed by atoms with E-state index in [4.69, 9.17) is 4.42 Å². The summed E-state index contributed by atoms with van der Waals surface area (Å²) in [7, 11) is 0. The van der Waals surface area contributed by atoms with E-state index in [9.17, 15) is 13.6 Å². The summed E-state index contributed by atoms with van der Waals surface area (Å²) in [5, 5.41) is 5.87. The number of anilines is 2. The number of hydrogen-bond acceptors (Lipinski definition) is 6. The Hall–Kier alpha value is -2.91. The van der Waals surface area contributed by atoms with Crippen molar-refractivity contribution in [1.29, 1.82) is 0 Å². The quantitative estimate of drug-likeness (QED) is 0.558. The van der Waals surface area contributed by atoms with Crippen LogP contribution in [0.2, 0.25) is 0 Å². The van der Waals surface area contributed by atoms with Crippen LogP contribution in [0.25, 0.3) is 0 Å². The number of amides is 1. The van der Waals surface area contributed by atoms with Crippen LogP contribution in [-0.4, -0.2) is 10.9 Å². The Balaban J connectivity index is 1.51. The van der Waals surface area contributed by atoms with E-state index >= 15 is 0 Å². The van der Waals surface area contributed by atoms with Gasteiger partial charge in [0.25, 0.3) is 5.91 Å². The first kappa shape index (κ1) is 18.5. The molecule has 0 bridgehead atoms. The number of carbonyl (C=O) groups excluding carboxylic acids is 1. The number of halogens is 2. The number of benzene rings is 2. The van der Waals surface area contributed by atoms with Gasteiger partial charge in [0.15, 0.2) is 23.3 Å². The van der Waals surface area contributed by atoms with Gasteiger partial charge in [-0.2, -0.15) is 0 Å². The number of carbonyl (C=O) groups is 1. The topological polar surface area (TPSA) is 79.2 Å². The second kappa shape index (κ2) is 7.25. The molecule has 9 heteroatoms. The highest BCUT2D eigenvalue weighted by Crippen LogP contribution is 2.36. The molecule has 0 aliphatic carbocycles. The summed E-state index contributed by atoms with van der Waals surface area (Å²) in [4.78, 5) is 17.5. The fourth-order valence-corrected chi connectivity index (χ4v) is 3.72. The molecule has 1 aromatic heterocycles. The lowest BCUT2D eigenvalue weighted by molar-refractivity contribution is 0.102. The van der Waals surface area contributed by atoms with Gasteiger partial charge in [0.05, 0.1) is 11.4 Å². The van der Waals surface area contributed by atoms with Gasteiger partial charge in [-0.1, -0.05) is 0 Å². The van der Waals surface area contributed by atoms with Crippen LogP contribution in [0, 0.1) is 25.5 Å². The molecule has 4 rings (SSSR count). The minimum Gasteiger partial charge on any atom is -0.442 e. The van der Waals surface area contributed by atoms with Gasteiger partial charge in [-0.3, -0.25) is 4.79 Å². The Bertz CT molecular complexity index is 1070. The summed E-state index contributed by atoms with van der Waals surface area (Å²) < 4.78 is 35.2. The van der Waals surface area contributed by atoms with E-state index < -0.39 is 17.5 Å². The molecular formula is C19H16F2N4O2S. The lowest BCUT2D eigenvalue weighted by Gasteiger charge is -2.26. The SMILES string of the molecule is Cc1nc(C)c(C2NSc3cc(C(=O)Nc4ccc(F)c(F)c4)ccc3N2)o1. The van der Waals surface area contributed by atoms with E-state index in [0.717, 1.165) is 28.4 Å². The summed E-state index contributed by atoms with van der Waals surface area (Å²) >= 11 is 1.36. The fourth-order valence-electron chi connectivity index (χ4n) is 2.89. The number of fused-ring (bicyclic) bond motifs is 1. The maximum absolute atomic E-state index is 13.3. The van der Waals surface area contributed by atoms with Gasteiger partial charge >= 0.3 is 0 Å². The van der Waals surface area contributed by atoms with E-state index in [0.29, 0.717) is 17.2 Å². The third kappa shape index (κ3) is 3.58. The normalized spacial score (nSPS) is 15.6. The van der Waals surface area contributed by atoms with Crippen LogP contribution >= 0.6 is 11.9 Å². The molecular weight excluding hydrogens is 386 g/mol. The summed E-state index contributed by atoms with van der Waals surface area (Å²) in [6.45, 7) is 3.67. The van der Waals surface area contributed by atoms with Crippen molar-refractivity contribution in [2.75, 3.05) is 10.6 Å². The Morgan fingerprint density at radius 1 is 1.18 bits per heavy atom. The summed E-state index contributed by atoms with van der Waals surface area (Å²) in [5.74, 6) is -1.10. The van der Waals surface area contributed by atoms with E-state index in [1.165, 1.54) is 18.0 Å². The van der Waals surface area contributed by atoms with Crippen LogP contribution in [0.3, 0.4) is 0 Å². The minimum atomic E-state index is -1.02. The maximum atomic E-state index is 13.3. The van der Waals surface area contributed by atoms with Gasteiger partial charge in [-0.15, -0.1) is 0 Å². The zero-order chi connectivity index (χ0) is 19.8. The average Bonchev–Trinajstić information content (AvgIpc) is 3.02. The van der Waals surface area contributed by atoms with E-state index in [1.807, 2.05) is 6.92 Å². The molecule has 0 radical (unpaired) electrons. The molecule has 1 atom stereocenters. The molecule has 3 N–H and O–H groups in total. The molecule has 0 spiro atoms. The number of aryl methyl sites for hydroxylation is 2. The van der Waals surface area contributed by atoms with Crippen LogP contribution in [0.1, 0.15) is 33.9 Å². The van der Waals surface area contributed by atoms with Crippen molar-refractivity contribution in [1.82, 2.24) is 9.71 Å². The highest BCUT2D eigenvalue weighted by molar-refractivity contribution is 7.97. The van der Waals surface area contributed by atoms with Gasteiger partial charge in [0.1, 0.15) is 6.17 Å². The van der Waals surface area contributed by atoms with E-state index in [1.54, 1.807) is 25.1 Å². The largest absolute Gasteiger partial charge is 0.442 e. The molecule has 3 aromatic rings. The minimum absolute atomic E-state index is 0.182. The average molecular weight is 402 g/mol. The third-order valence-electron chi connectivity index (χ3n) is 4.21. The Kier molecular flexibility index (Phi) is 4.78. The molecule has 0 saturated heterocycles. The predicted octanol–water partition coefficient (Wildman–Crippen LogP) is 4.54. The second-order valence-electron chi connectivity index (χ2n) is 6.27. The van der Waals surface area contributed by atoms with Crippen LogP contribution in [0.5, 0.6) is 0 Å². The molecule has 6 nitrogen and oxygen atoms in total. The summed E-state index contributed by atoms with van der Waals surface area (Å²) in [6.07, 6.45) is -0.249. The highest BCUT2D eigenvalue weighted by atomic mass is 32.2. The number of aromatic nitrogens is 1. The summed E-state index contributed by atoms with van der Waals surface area (Å²) in [5.41, 5.74) is 2.21. The standard InChI is InChI=1S/C19H16F2N4O2S/c1-9-17(27-10(2)22-9)18-24-15-6-3-11(7-16(15)28-25-18)19(26)23-12-4-5-13(20)14(21)8-12/h3-8,18,24-25H,1-2H3,(H,23,26). The molecule has 1 aliphatic heterocycles. The highest BCUT2D eigenvalue weighted by Gasteiger charge is 2.25. The first-order valence-electron chi connectivity index (χ1n) is 8.44. The first-order valence-corrected chi connectivity index (χ1v) is 9.25. The lowest BCUT2D eigenvalue weighted by atomic mass is 10.1. The van der Waals surface area contributed by atoms with Crippen LogP contribution < -0.4 is 15.4 Å². The molecule has 28 heavy (non-hydrogen) atoms. The van der Waals surface area contributed by atoms with Crippen molar-refractivity contribution in [3.8, 4) is 0 Å². The number of oxazole rings is 1. The smallest absolute Gasteiger partial charge is 0.255 e. The fraction of sp³-hybridized carbons (Fsp3) is 0.158. The third-order valence-corrected chi connectivity index (χ3v) is 5.12. The number of rotatable bonds is 3. The first-order chi connectivity index (χ1) is 13.4. The summed E-state index contributed by atoms with van der Waals surface area (Å²) in [6, 6.07) is 8.37. The van der Waals surface area contributed by atoms with Gasteiger partial charge in [0, 0.05) is 29.1 Å². The van der Waals surface area contributed by atoms with Crippen molar-refractivity contribution in [2.45, 2.75) is 24.9 Å². The van der Waals surface area contributed by atoms with Crippen molar-refractivity contribution in [3.63, 3.8) is 0 Å². The van der Waals surface area contributed by atoms with Gasteiger partial charge in [-0.05, 0) is 49.2 Å². The predicted molar refractivity (Wildman–Crippen MR) is 102 cm³/mol. The molecule has 0 fully saturated rings. The monoisotopic (exact) mass is 402 g/mol. The van der Waals surface area contributed by atoms with E-state index in [2.05, 4.69) is 20.3 Å². The van der Waals surface area contributed by atoms with Crippen molar-refractivity contribution in [2.24, 2.45) is 0 Å². The maximum Gasteiger partial charge on any atom is 0.255 e.